The average Bonchev–Trinajstić information content (AvgIpc) is 3.51. The van der Waals surface area contributed by atoms with Crippen LogP contribution in [-0.4, -0.2) is 42.5 Å². The fourth-order valence-electron chi connectivity index (χ4n) is 5.93. The highest BCUT2D eigenvalue weighted by molar-refractivity contribution is 6.17. The molecule has 1 fully saturated rings. The predicted molar refractivity (Wildman–Crippen MR) is 132 cm³/mol. The number of carbonyl (C=O) groups is 2. The van der Waals surface area contributed by atoms with Crippen molar-refractivity contribution in [3.8, 4) is 0 Å². The molecule has 2 atom stereocenters. The second kappa shape index (κ2) is 7.78. The molecular formula is C28H28N2O5. The molecule has 180 valence electrons. The van der Waals surface area contributed by atoms with Crippen LogP contribution in [0.25, 0.3) is 11.0 Å². The number of hydrogen-bond acceptors (Lipinski definition) is 5. The topological polar surface area (TPSA) is 80.1 Å². The van der Waals surface area contributed by atoms with Crippen molar-refractivity contribution in [3.63, 3.8) is 0 Å². The average molecular weight is 473 g/mol. The van der Waals surface area contributed by atoms with Crippen LogP contribution in [0, 0.1) is 13.8 Å². The maximum atomic E-state index is 14.4. The third kappa shape index (κ3) is 2.85. The third-order valence-electron chi connectivity index (χ3n) is 7.71. The van der Waals surface area contributed by atoms with Crippen molar-refractivity contribution >= 4 is 28.5 Å². The minimum Gasteiger partial charge on any atom is -0.450 e. The summed E-state index contributed by atoms with van der Waals surface area (Å²) in [7, 11) is 0. The highest BCUT2D eigenvalue weighted by Gasteiger charge is 2.65. The summed E-state index contributed by atoms with van der Waals surface area (Å²) < 4.78 is 12.0. The largest absolute Gasteiger partial charge is 0.450 e. The second-order valence-electron chi connectivity index (χ2n) is 9.80. The molecule has 3 aliphatic heterocycles. The molecule has 35 heavy (non-hydrogen) atoms. The van der Waals surface area contributed by atoms with Crippen molar-refractivity contribution < 1.29 is 18.7 Å². The summed E-state index contributed by atoms with van der Waals surface area (Å²) in [6.45, 7) is 7.22. The van der Waals surface area contributed by atoms with Gasteiger partial charge in [0.25, 0.3) is 11.8 Å². The van der Waals surface area contributed by atoms with Gasteiger partial charge >= 0.3 is 0 Å². The number of benzene rings is 2. The fourth-order valence-corrected chi connectivity index (χ4v) is 5.93. The van der Waals surface area contributed by atoms with Gasteiger partial charge in [-0.15, -0.1) is 0 Å². The van der Waals surface area contributed by atoms with Crippen LogP contribution in [0.4, 0.5) is 5.69 Å². The lowest BCUT2D eigenvalue weighted by Crippen LogP contribution is -2.55. The maximum Gasteiger partial charge on any atom is 0.291 e. The molecule has 0 bridgehead atoms. The smallest absolute Gasteiger partial charge is 0.291 e. The lowest BCUT2D eigenvalue weighted by Gasteiger charge is -2.35. The van der Waals surface area contributed by atoms with Crippen LogP contribution in [0.15, 0.2) is 45.6 Å². The fraction of sp³-hybridized carbons (Fsp3) is 0.393. The Morgan fingerprint density at radius 1 is 1.09 bits per heavy atom. The normalized spacial score (nSPS) is 23.1. The molecule has 0 saturated carbocycles. The molecule has 4 heterocycles. The van der Waals surface area contributed by atoms with Crippen molar-refractivity contribution in [1.29, 1.82) is 0 Å². The molecule has 0 radical (unpaired) electrons. The number of rotatable bonds is 4. The summed E-state index contributed by atoms with van der Waals surface area (Å²) in [6, 6.07) is 11.1. The van der Waals surface area contributed by atoms with Gasteiger partial charge in [-0.05, 0) is 62.4 Å². The number of anilines is 1. The molecule has 1 aromatic heterocycles. The number of carbonyl (C=O) groups excluding carboxylic acids is 2. The maximum absolute atomic E-state index is 14.4. The summed E-state index contributed by atoms with van der Waals surface area (Å²) in [6.07, 6.45) is 2.25. The number of fused-ring (bicyclic) bond motifs is 5. The molecule has 2 amide bonds. The second-order valence-corrected chi connectivity index (χ2v) is 9.80. The van der Waals surface area contributed by atoms with E-state index in [9.17, 15) is 14.4 Å². The molecule has 1 saturated heterocycles. The van der Waals surface area contributed by atoms with Crippen molar-refractivity contribution in [2.75, 3.05) is 24.6 Å². The van der Waals surface area contributed by atoms with Crippen molar-refractivity contribution in [3.05, 3.63) is 74.6 Å². The van der Waals surface area contributed by atoms with E-state index in [-0.39, 0.29) is 35.3 Å². The zero-order valence-corrected chi connectivity index (χ0v) is 20.2. The first-order valence-corrected chi connectivity index (χ1v) is 12.3. The van der Waals surface area contributed by atoms with Crippen LogP contribution >= 0.6 is 0 Å². The van der Waals surface area contributed by atoms with E-state index < -0.39 is 11.4 Å². The minimum atomic E-state index is -1.56. The van der Waals surface area contributed by atoms with E-state index in [0.717, 1.165) is 36.1 Å². The van der Waals surface area contributed by atoms with Crippen LogP contribution in [0.5, 0.6) is 0 Å². The van der Waals surface area contributed by atoms with Gasteiger partial charge in [0.05, 0.1) is 22.7 Å². The zero-order valence-electron chi connectivity index (χ0n) is 20.2. The molecule has 7 heteroatoms. The van der Waals surface area contributed by atoms with Gasteiger partial charge in [0.1, 0.15) is 5.58 Å². The Morgan fingerprint density at radius 3 is 2.60 bits per heavy atom. The number of nitrogens with zero attached hydrogens (tertiary/aromatic N) is 2. The summed E-state index contributed by atoms with van der Waals surface area (Å²) in [5.74, 6) is -0.749. The van der Waals surface area contributed by atoms with Gasteiger partial charge in [-0.1, -0.05) is 25.1 Å². The molecule has 0 unspecified atom stereocenters. The number of aryl methyl sites for hydroxylation is 2. The Bertz CT molecular complexity index is 1450. The van der Waals surface area contributed by atoms with Crippen molar-refractivity contribution in [2.45, 2.75) is 51.7 Å². The standard InChI is InChI=1S/C28H28N2O5/c1-4-11-29-21-10-6-5-9-20(21)28(27(29)33)23-24(31)19-13-16(2)17(3)14-22(19)35-25(23)26(32)30(28)15-18-8-7-12-34-18/h5-6,9-10,13-14,18H,4,7-8,11-12,15H2,1-3H3/t18-,28+/m1/s1. The van der Waals surface area contributed by atoms with E-state index >= 15 is 0 Å². The van der Waals surface area contributed by atoms with Gasteiger partial charge in [-0.25, -0.2) is 0 Å². The van der Waals surface area contributed by atoms with Crippen LogP contribution in [-0.2, 0) is 15.1 Å². The Balaban J connectivity index is 1.69. The first-order chi connectivity index (χ1) is 16.9. The quantitative estimate of drug-likeness (QED) is 0.573. The zero-order chi connectivity index (χ0) is 24.5. The molecule has 0 N–H and O–H groups in total. The number of hydrogen-bond donors (Lipinski definition) is 0. The van der Waals surface area contributed by atoms with Gasteiger partial charge in [0, 0.05) is 25.3 Å². The minimum absolute atomic E-state index is 0.0368. The molecule has 1 spiro atoms. The Morgan fingerprint density at radius 2 is 1.86 bits per heavy atom. The van der Waals surface area contributed by atoms with Crippen LogP contribution in [0.2, 0.25) is 0 Å². The Kier molecular flexibility index (Phi) is 4.90. The van der Waals surface area contributed by atoms with E-state index in [1.165, 1.54) is 0 Å². The molecule has 3 aliphatic rings. The van der Waals surface area contributed by atoms with Crippen LogP contribution in [0.3, 0.4) is 0 Å². The monoisotopic (exact) mass is 472 g/mol. The number of para-hydroxylation sites is 1. The van der Waals surface area contributed by atoms with E-state index in [2.05, 4.69) is 0 Å². The predicted octanol–water partition coefficient (Wildman–Crippen LogP) is 4.04. The van der Waals surface area contributed by atoms with E-state index in [0.29, 0.717) is 29.7 Å². The van der Waals surface area contributed by atoms with Crippen LogP contribution < -0.4 is 10.3 Å². The van der Waals surface area contributed by atoms with Crippen LogP contribution in [0.1, 0.15) is 59.0 Å². The van der Waals surface area contributed by atoms with Gasteiger partial charge < -0.3 is 19.0 Å². The molecular weight excluding hydrogens is 444 g/mol. The lowest BCUT2D eigenvalue weighted by molar-refractivity contribution is -0.126. The highest BCUT2D eigenvalue weighted by atomic mass is 16.5. The Labute approximate surface area is 203 Å². The summed E-state index contributed by atoms with van der Waals surface area (Å²) in [4.78, 5) is 45.8. The molecule has 6 rings (SSSR count). The van der Waals surface area contributed by atoms with Crippen molar-refractivity contribution in [1.82, 2.24) is 4.90 Å². The summed E-state index contributed by atoms with van der Waals surface area (Å²) in [5.41, 5.74) is 1.91. The number of ether oxygens (including phenoxy) is 1. The Hall–Kier alpha value is -3.45. The SMILES string of the molecule is CCCN1C(=O)[C@]2(c3ccccc31)c1c(oc3cc(C)c(C)cc3c1=O)C(=O)N2C[C@H]1CCCO1. The molecule has 2 aromatic carbocycles. The van der Waals surface area contributed by atoms with Crippen molar-refractivity contribution in [2.24, 2.45) is 0 Å². The molecule has 3 aromatic rings. The molecule has 7 nitrogen and oxygen atoms in total. The summed E-state index contributed by atoms with van der Waals surface area (Å²) >= 11 is 0. The third-order valence-corrected chi connectivity index (χ3v) is 7.71. The van der Waals surface area contributed by atoms with Gasteiger partial charge in [-0.3, -0.25) is 14.4 Å². The highest BCUT2D eigenvalue weighted by Crippen LogP contribution is 2.52. The van der Waals surface area contributed by atoms with E-state index in [1.54, 1.807) is 21.9 Å². The van der Waals surface area contributed by atoms with E-state index in [4.69, 9.17) is 9.15 Å². The first kappa shape index (κ1) is 22.0. The van der Waals surface area contributed by atoms with Gasteiger partial charge in [0.15, 0.2) is 11.0 Å². The van der Waals surface area contributed by atoms with E-state index in [1.807, 2.05) is 45.0 Å². The van der Waals surface area contributed by atoms with Gasteiger partial charge in [0.2, 0.25) is 5.76 Å². The first-order valence-electron chi connectivity index (χ1n) is 12.3. The molecule has 0 aliphatic carbocycles. The lowest BCUT2D eigenvalue weighted by atomic mass is 9.83. The van der Waals surface area contributed by atoms with Gasteiger partial charge in [-0.2, -0.15) is 0 Å². The summed E-state index contributed by atoms with van der Waals surface area (Å²) in [5, 5.41) is 0.386. The number of amides is 2.